The molecule has 8 nitrogen and oxygen atoms in total. The molecular weight excluding hydrogens is 552 g/mol. The van der Waals surface area contributed by atoms with Gasteiger partial charge in [-0.15, -0.1) is 4.91 Å². The van der Waals surface area contributed by atoms with Crippen LogP contribution in [0, 0.1) is 4.91 Å². The van der Waals surface area contributed by atoms with Crippen LogP contribution in [0.15, 0.2) is 71.9 Å². The van der Waals surface area contributed by atoms with Gasteiger partial charge >= 0.3 is 5.91 Å². The molecule has 5 rings (SSSR count). The SMILES string of the molecule is CC.CC(Cc1ccc2ccccc2c1)NCCO.O=NC(=O)COc1ccc2nc(Cl)c(CN3CCCC3)cc2c1. The Morgan fingerprint density at radius 1 is 1.05 bits per heavy atom. The largest absolute Gasteiger partial charge is 0.484 e. The van der Waals surface area contributed by atoms with Crippen LogP contribution >= 0.6 is 11.6 Å². The van der Waals surface area contributed by atoms with E-state index in [9.17, 15) is 9.70 Å². The van der Waals surface area contributed by atoms with Crippen molar-refractivity contribution < 1.29 is 14.6 Å². The monoisotopic (exact) mass is 592 g/mol. The number of halogens is 1. The molecule has 42 heavy (non-hydrogen) atoms. The molecule has 2 N–H and O–H groups in total. The van der Waals surface area contributed by atoms with Crippen molar-refractivity contribution in [1.29, 1.82) is 0 Å². The predicted molar refractivity (Wildman–Crippen MR) is 171 cm³/mol. The van der Waals surface area contributed by atoms with Gasteiger partial charge in [0.1, 0.15) is 10.9 Å². The van der Waals surface area contributed by atoms with Gasteiger partial charge in [-0.05, 0) is 79.9 Å². The van der Waals surface area contributed by atoms with Gasteiger partial charge in [-0.1, -0.05) is 67.9 Å². The Labute approximate surface area is 253 Å². The van der Waals surface area contributed by atoms with Crippen LogP contribution in [-0.2, 0) is 17.8 Å². The van der Waals surface area contributed by atoms with Gasteiger partial charge < -0.3 is 15.2 Å². The summed E-state index contributed by atoms with van der Waals surface area (Å²) in [6.07, 6.45) is 3.43. The standard InChI is InChI=1S/C16H16ClN3O3.C15H19NO.C2H6/c17-16-12(9-20-5-1-2-6-20)7-11-8-13(3-4-14(11)18-16)23-10-15(21)19-22;1-12(16-8-9-17)10-13-6-7-14-4-2-3-5-15(14)11-13;1-2/h3-4,7-8H,1-2,5-6,9-10H2;2-7,11-12,16-17H,8-10H2,1H3;1-2H3. The lowest BCUT2D eigenvalue weighted by Gasteiger charge is -2.16. The third kappa shape index (κ3) is 10.1. The number of ether oxygens (including phenoxy) is 1. The van der Waals surface area contributed by atoms with Crippen molar-refractivity contribution in [2.24, 2.45) is 5.18 Å². The number of carbonyl (C=O) groups is 1. The van der Waals surface area contributed by atoms with E-state index >= 15 is 0 Å². The highest BCUT2D eigenvalue weighted by atomic mass is 35.5. The third-order valence-corrected chi connectivity index (χ3v) is 7.16. The molecule has 1 fully saturated rings. The molecule has 0 spiro atoms. The van der Waals surface area contributed by atoms with E-state index in [-0.39, 0.29) is 13.2 Å². The van der Waals surface area contributed by atoms with Gasteiger partial charge in [0.15, 0.2) is 6.61 Å². The number of aliphatic hydroxyl groups is 1. The molecule has 1 aliphatic rings. The number of likely N-dealkylation sites (tertiary alicyclic amines) is 1. The summed E-state index contributed by atoms with van der Waals surface area (Å²) in [4.78, 5) is 27.7. The number of hydrogen-bond acceptors (Lipinski definition) is 7. The molecule has 1 aromatic heterocycles. The quantitative estimate of drug-likeness (QED) is 0.159. The van der Waals surface area contributed by atoms with Crippen LogP contribution in [0.4, 0.5) is 0 Å². The Balaban J connectivity index is 0.000000227. The third-order valence-electron chi connectivity index (χ3n) is 6.83. The Hall–Kier alpha value is -3.43. The zero-order valence-electron chi connectivity index (χ0n) is 24.7. The van der Waals surface area contributed by atoms with Crippen molar-refractivity contribution in [3.05, 3.63) is 87.9 Å². The fourth-order valence-corrected chi connectivity index (χ4v) is 5.04. The molecule has 9 heteroatoms. The van der Waals surface area contributed by atoms with Crippen LogP contribution in [-0.4, -0.2) is 59.8 Å². The number of amides is 1. The molecule has 1 unspecified atom stereocenters. The van der Waals surface area contributed by atoms with E-state index < -0.39 is 5.91 Å². The number of rotatable bonds is 10. The zero-order valence-corrected chi connectivity index (χ0v) is 25.4. The number of fused-ring (bicyclic) bond motifs is 2. The minimum atomic E-state index is -0.839. The minimum Gasteiger partial charge on any atom is -0.484 e. The van der Waals surface area contributed by atoms with Gasteiger partial charge in [-0.2, -0.15) is 0 Å². The second-order valence-corrected chi connectivity index (χ2v) is 10.4. The molecule has 2 heterocycles. The van der Waals surface area contributed by atoms with Crippen LogP contribution in [0.2, 0.25) is 5.15 Å². The summed E-state index contributed by atoms with van der Waals surface area (Å²) in [5.74, 6) is -0.347. The second kappa shape index (κ2) is 17.5. The average molecular weight is 593 g/mol. The van der Waals surface area contributed by atoms with E-state index in [1.807, 2.05) is 19.9 Å². The molecule has 0 bridgehead atoms. The number of carbonyl (C=O) groups excluding carboxylic acids is 1. The number of benzene rings is 3. The van der Waals surface area contributed by atoms with Crippen molar-refractivity contribution in [3.63, 3.8) is 0 Å². The first-order valence-electron chi connectivity index (χ1n) is 14.6. The molecular formula is C33H41ClN4O4. The van der Waals surface area contributed by atoms with Crippen molar-refractivity contribution >= 4 is 39.2 Å². The summed E-state index contributed by atoms with van der Waals surface area (Å²) in [5.41, 5.74) is 3.07. The van der Waals surface area contributed by atoms with E-state index in [2.05, 4.69) is 69.8 Å². The number of aliphatic hydroxyl groups excluding tert-OH is 1. The van der Waals surface area contributed by atoms with Crippen molar-refractivity contribution in [2.75, 3.05) is 32.8 Å². The van der Waals surface area contributed by atoms with Crippen LogP contribution in [0.3, 0.4) is 0 Å². The molecule has 4 aromatic rings. The Morgan fingerprint density at radius 2 is 1.79 bits per heavy atom. The molecule has 1 aliphatic heterocycles. The number of nitrogens with zero attached hydrogens (tertiary/aromatic N) is 3. The highest BCUT2D eigenvalue weighted by molar-refractivity contribution is 6.30. The molecule has 1 atom stereocenters. The number of nitroso groups, excluding NO2 is 1. The van der Waals surface area contributed by atoms with E-state index in [1.165, 1.54) is 29.2 Å². The average Bonchev–Trinajstić information content (AvgIpc) is 3.53. The van der Waals surface area contributed by atoms with Crippen LogP contribution in [0.1, 0.15) is 44.7 Å². The lowest BCUT2D eigenvalue weighted by Crippen LogP contribution is -2.30. The van der Waals surface area contributed by atoms with Crippen LogP contribution in [0.25, 0.3) is 21.7 Å². The highest BCUT2D eigenvalue weighted by Gasteiger charge is 2.15. The van der Waals surface area contributed by atoms with E-state index in [1.54, 1.807) is 18.2 Å². The maximum atomic E-state index is 10.9. The second-order valence-electron chi connectivity index (χ2n) is 10.0. The molecule has 1 saturated heterocycles. The molecule has 0 radical (unpaired) electrons. The van der Waals surface area contributed by atoms with Gasteiger partial charge in [0.25, 0.3) is 0 Å². The van der Waals surface area contributed by atoms with E-state index in [0.717, 1.165) is 42.5 Å². The molecule has 0 saturated carbocycles. The number of pyridine rings is 1. The normalized spacial score (nSPS) is 13.5. The minimum absolute atomic E-state index is 0.196. The zero-order chi connectivity index (χ0) is 30.3. The number of aromatic nitrogens is 1. The topological polar surface area (TPSA) is 104 Å². The smallest absolute Gasteiger partial charge is 0.323 e. The van der Waals surface area contributed by atoms with E-state index in [4.69, 9.17) is 21.4 Å². The Morgan fingerprint density at radius 3 is 2.50 bits per heavy atom. The molecule has 224 valence electrons. The maximum absolute atomic E-state index is 10.9. The first-order valence-corrected chi connectivity index (χ1v) is 15.0. The lowest BCUT2D eigenvalue weighted by atomic mass is 10.0. The van der Waals surface area contributed by atoms with Gasteiger partial charge in [-0.3, -0.25) is 9.69 Å². The lowest BCUT2D eigenvalue weighted by molar-refractivity contribution is -0.119. The summed E-state index contributed by atoms with van der Waals surface area (Å²) in [5, 5.41) is 18.3. The van der Waals surface area contributed by atoms with Crippen LogP contribution in [0.5, 0.6) is 5.75 Å². The van der Waals surface area contributed by atoms with Gasteiger partial charge in [0.05, 0.1) is 12.1 Å². The highest BCUT2D eigenvalue weighted by Crippen LogP contribution is 2.26. The summed E-state index contributed by atoms with van der Waals surface area (Å²) in [6, 6.07) is 22.6. The number of nitrogens with one attached hydrogen (secondary N) is 1. The fraction of sp³-hybridized carbons (Fsp3) is 0.394. The summed E-state index contributed by atoms with van der Waals surface area (Å²) in [6.45, 7) is 9.58. The van der Waals surface area contributed by atoms with Crippen molar-refractivity contribution in [3.8, 4) is 5.75 Å². The van der Waals surface area contributed by atoms with Crippen LogP contribution < -0.4 is 10.1 Å². The van der Waals surface area contributed by atoms with E-state index in [0.29, 0.717) is 23.5 Å². The van der Waals surface area contributed by atoms with Crippen molar-refractivity contribution in [2.45, 2.75) is 52.6 Å². The Kier molecular flexibility index (Phi) is 13.8. The van der Waals surface area contributed by atoms with Gasteiger partial charge in [0, 0.05) is 35.3 Å². The molecule has 3 aromatic carbocycles. The summed E-state index contributed by atoms with van der Waals surface area (Å²) in [7, 11) is 0. The first-order chi connectivity index (χ1) is 20.4. The first kappa shape index (κ1) is 33.1. The summed E-state index contributed by atoms with van der Waals surface area (Å²) < 4.78 is 5.26. The van der Waals surface area contributed by atoms with Gasteiger partial charge in [0.2, 0.25) is 0 Å². The molecule has 0 aliphatic carbocycles. The number of hydrogen-bond donors (Lipinski definition) is 2. The predicted octanol–water partition coefficient (Wildman–Crippen LogP) is 6.53. The Bertz CT molecular complexity index is 1440. The van der Waals surface area contributed by atoms with Gasteiger partial charge in [-0.25, -0.2) is 4.98 Å². The molecule has 1 amide bonds. The van der Waals surface area contributed by atoms with Crippen molar-refractivity contribution in [1.82, 2.24) is 15.2 Å². The maximum Gasteiger partial charge on any atom is 0.323 e. The fourth-order valence-electron chi connectivity index (χ4n) is 4.83. The summed E-state index contributed by atoms with van der Waals surface area (Å²) >= 11 is 6.28.